The predicted octanol–water partition coefficient (Wildman–Crippen LogP) is 4.31. The molecule has 0 aromatic heterocycles. The molecule has 0 fully saturated rings. The number of rotatable bonds is 4. The maximum absolute atomic E-state index is 13.4. The molecule has 1 unspecified atom stereocenters. The lowest BCUT2D eigenvalue weighted by Crippen LogP contribution is -2.15. The molecular weight excluding hydrogens is 323 g/mol. The van der Waals surface area contributed by atoms with E-state index >= 15 is 0 Å². The summed E-state index contributed by atoms with van der Waals surface area (Å²) < 4.78 is 14.0. The van der Waals surface area contributed by atoms with Crippen molar-refractivity contribution in [2.75, 3.05) is 0 Å². The molecule has 2 nitrogen and oxygen atoms in total. The molecule has 0 heterocycles. The minimum Gasteiger partial charge on any atom is -0.481 e. The van der Waals surface area contributed by atoms with E-state index in [0.717, 1.165) is 11.1 Å². The Morgan fingerprint density at radius 2 is 2.00 bits per heavy atom. The summed E-state index contributed by atoms with van der Waals surface area (Å²) in [6, 6.07) is 11.9. The first-order valence-electron chi connectivity index (χ1n) is 6.20. The van der Waals surface area contributed by atoms with Gasteiger partial charge in [0, 0.05) is 4.47 Å². The van der Waals surface area contributed by atoms with Crippen LogP contribution in [0.2, 0.25) is 0 Å². The highest BCUT2D eigenvalue weighted by Crippen LogP contribution is 2.26. The summed E-state index contributed by atoms with van der Waals surface area (Å²) in [5, 5.41) is 9.45. The highest BCUT2D eigenvalue weighted by molar-refractivity contribution is 9.10. The third-order valence-electron chi connectivity index (χ3n) is 3.22. The molecule has 1 atom stereocenters. The summed E-state index contributed by atoms with van der Waals surface area (Å²) in [5.74, 6) is -1.95. The van der Waals surface area contributed by atoms with Crippen LogP contribution < -0.4 is 0 Å². The van der Waals surface area contributed by atoms with E-state index in [2.05, 4.69) is 15.9 Å². The number of aryl methyl sites for hydroxylation is 1. The molecule has 0 radical (unpaired) electrons. The van der Waals surface area contributed by atoms with E-state index in [1.165, 1.54) is 12.1 Å². The Kier molecular flexibility index (Phi) is 4.55. The number of hydrogen-bond donors (Lipinski definition) is 1. The number of aliphatic carboxylic acids is 1. The molecule has 104 valence electrons. The molecule has 0 saturated heterocycles. The van der Waals surface area contributed by atoms with Crippen LogP contribution in [0, 0.1) is 12.7 Å². The number of halogens is 2. The maximum Gasteiger partial charge on any atom is 0.311 e. The first-order valence-corrected chi connectivity index (χ1v) is 7.00. The molecule has 0 aliphatic carbocycles. The summed E-state index contributed by atoms with van der Waals surface area (Å²) in [6.07, 6.45) is 0.260. The molecule has 2 aromatic carbocycles. The highest BCUT2D eigenvalue weighted by Gasteiger charge is 2.22. The van der Waals surface area contributed by atoms with Crippen molar-refractivity contribution in [1.29, 1.82) is 0 Å². The number of carboxylic acids is 1. The summed E-state index contributed by atoms with van der Waals surface area (Å²) in [4.78, 5) is 11.5. The molecule has 0 aliphatic heterocycles. The zero-order valence-corrected chi connectivity index (χ0v) is 12.5. The molecule has 0 aliphatic rings. The van der Waals surface area contributed by atoms with Gasteiger partial charge in [0.15, 0.2) is 0 Å². The smallest absolute Gasteiger partial charge is 0.311 e. The first kappa shape index (κ1) is 14.7. The van der Waals surface area contributed by atoms with E-state index in [9.17, 15) is 14.3 Å². The normalized spacial score (nSPS) is 12.2. The van der Waals surface area contributed by atoms with Crippen molar-refractivity contribution in [3.05, 3.63) is 69.4 Å². The molecule has 20 heavy (non-hydrogen) atoms. The zero-order chi connectivity index (χ0) is 14.7. The van der Waals surface area contributed by atoms with Gasteiger partial charge in [-0.05, 0) is 48.2 Å². The van der Waals surface area contributed by atoms with Crippen molar-refractivity contribution in [2.24, 2.45) is 0 Å². The van der Waals surface area contributed by atoms with Crippen LogP contribution in [0.3, 0.4) is 0 Å². The van der Waals surface area contributed by atoms with Gasteiger partial charge >= 0.3 is 5.97 Å². The van der Waals surface area contributed by atoms with Gasteiger partial charge in [0.25, 0.3) is 0 Å². The van der Waals surface area contributed by atoms with Gasteiger partial charge in [0.1, 0.15) is 5.82 Å². The molecule has 0 spiro atoms. The molecule has 2 aromatic rings. The summed E-state index contributed by atoms with van der Waals surface area (Å²) in [5.41, 5.74) is 2.35. The second-order valence-electron chi connectivity index (χ2n) is 4.73. The highest BCUT2D eigenvalue weighted by atomic mass is 79.9. The number of carboxylic acid groups (broad SMARTS) is 1. The van der Waals surface area contributed by atoms with Crippen LogP contribution in [0.15, 0.2) is 46.9 Å². The quantitative estimate of drug-likeness (QED) is 0.903. The van der Waals surface area contributed by atoms with Crippen molar-refractivity contribution in [2.45, 2.75) is 19.3 Å². The fourth-order valence-electron chi connectivity index (χ4n) is 2.27. The second kappa shape index (κ2) is 6.18. The van der Waals surface area contributed by atoms with E-state index in [-0.39, 0.29) is 12.2 Å². The molecule has 0 saturated carbocycles. The lowest BCUT2D eigenvalue weighted by atomic mass is 9.89. The first-order chi connectivity index (χ1) is 9.47. The Hall–Kier alpha value is -1.68. The van der Waals surface area contributed by atoms with E-state index in [4.69, 9.17) is 0 Å². The van der Waals surface area contributed by atoms with Crippen molar-refractivity contribution in [3.63, 3.8) is 0 Å². The Morgan fingerprint density at radius 3 is 2.60 bits per heavy atom. The van der Waals surface area contributed by atoms with Gasteiger partial charge in [0.05, 0.1) is 5.92 Å². The van der Waals surface area contributed by atoms with Crippen molar-refractivity contribution < 1.29 is 14.3 Å². The minimum atomic E-state index is -0.903. The molecule has 2 rings (SSSR count). The molecule has 0 bridgehead atoms. The Morgan fingerprint density at radius 1 is 1.30 bits per heavy atom. The summed E-state index contributed by atoms with van der Waals surface area (Å²) in [6.45, 7) is 1.88. The third-order valence-corrected chi connectivity index (χ3v) is 3.68. The van der Waals surface area contributed by atoms with Gasteiger partial charge in [-0.25, -0.2) is 4.39 Å². The van der Waals surface area contributed by atoms with Crippen molar-refractivity contribution in [1.82, 2.24) is 0 Å². The predicted molar refractivity (Wildman–Crippen MR) is 79.4 cm³/mol. The van der Waals surface area contributed by atoms with Gasteiger partial charge < -0.3 is 5.11 Å². The fraction of sp³-hybridized carbons (Fsp3) is 0.188. The maximum atomic E-state index is 13.4. The van der Waals surface area contributed by atoms with E-state index in [1.807, 2.05) is 31.2 Å². The second-order valence-corrected chi connectivity index (χ2v) is 5.64. The van der Waals surface area contributed by atoms with Crippen LogP contribution in [0.25, 0.3) is 0 Å². The van der Waals surface area contributed by atoms with Gasteiger partial charge in [-0.15, -0.1) is 0 Å². The summed E-state index contributed by atoms with van der Waals surface area (Å²) in [7, 11) is 0. The molecular formula is C16H14BrFO2. The topological polar surface area (TPSA) is 37.3 Å². The van der Waals surface area contributed by atoms with Crippen LogP contribution in [0.5, 0.6) is 0 Å². The van der Waals surface area contributed by atoms with Crippen LogP contribution in [0.4, 0.5) is 4.39 Å². The van der Waals surface area contributed by atoms with Gasteiger partial charge in [-0.1, -0.05) is 40.2 Å². The van der Waals surface area contributed by atoms with Crippen LogP contribution >= 0.6 is 15.9 Å². The number of carbonyl (C=O) groups is 1. The Labute approximate surface area is 125 Å². The fourth-order valence-corrected chi connectivity index (χ4v) is 2.79. The molecule has 4 heteroatoms. The van der Waals surface area contributed by atoms with Crippen LogP contribution in [0.1, 0.15) is 22.6 Å². The minimum absolute atomic E-state index is 0.260. The Bertz CT molecular complexity index is 620. The zero-order valence-electron chi connectivity index (χ0n) is 10.9. The van der Waals surface area contributed by atoms with Crippen LogP contribution in [-0.2, 0) is 11.2 Å². The molecule has 0 amide bonds. The van der Waals surface area contributed by atoms with E-state index < -0.39 is 11.9 Å². The number of benzene rings is 2. The van der Waals surface area contributed by atoms with Gasteiger partial charge in [-0.3, -0.25) is 4.79 Å². The molecule has 1 N–H and O–H groups in total. The van der Waals surface area contributed by atoms with Crippen LogP contribution in [-0.4, -0.2) is 11.1 Å². The standard InChI is InChI=1S/C16H14BrFO2/c1-10-4-2-3-5-14(10)15(16(19)20)8-11-6-12(17)9-13(18)7-11/h2-7,9,15H,8H2,1H3,(H,19,20). The largest absolute Gasteiger partial charge is 0.481 e. The van der Waals surface area contributed by atoms with Crippen molar-refractivity contribution in [3.8, 4) is 0 Å². The lowest BCUT2D eigenvalue weighted by Gasteiger charge is -2.15. The van der Waals surface area contributed by atoms with Gasteiger partial charge in [-0.2, -0.15) is 0 Å². The van der Waals surface area contributed by atoms with E-state index in [0.29, 0.717) is 10.0 Å². The van der Waals surface area contributed by atoms with E-state index in [1.54, 1.807) is 6.07 Å². The Balaban J connectivity index is 2.36. The summed E-state index contributed by atoms with van der Waals surface area (Å²) >= 11 is 3.22. The lowest BCUT2D eigenvalue weighted by molar-refractivity contribution is -0.138. The monoisotopic (exact) mass is 336 g/mol. The third kappa shape index (κ3) is 3.45. The van der Waals surface area contributed by atoms with Crippen molar-refractivity contribution >= 4 is 21.9 Å². The average Bonchev–Trinajstić information content (AvgIpc) is 2.35. The SMILES string of the molecule is Cc1ccccc1C(Cc1cc(F)cc(Br)c1)C(=O)O. The average molecular weight is 337 g/mol. The number of hydrogen-bond acceptors (Lipinski definition) is 1. The van der Waals surface area contributed by atoms with Gasteiger partial charge in [0.2, 0.25) is 0 Å².